The second-order valence-electron chi connectivity index (χ2n) is 12.2. The Balaban J connectivity index is 1.28. The van der Waals surface area contributed by atoms with Gasteiger partial charge in [-0.05, 0) is 84.3 Å². The van der Waals surface area contributed by atoms with Gasteiger partial charge >= 0.3 is 0 Å². The highest BCUT2D eigenvalue weighted by Crippen LogP contribution is 2.59. The van der Waals surface area contributed by atoms with E-state index >= 15 is 0 Å². The number of phenolic OH excluding ortho intramolecular Hbond substituents is 1. The second kappa shape index (κ2) is 10.3. The fraction of sp³-hybridized carbons (Fsp3) is 0.222. The van der Waals surface area contributed by atoms with Crippen molar-refractivity contribution in [1.29, 1.82) is 0 Å². The van der Waals surface area contributed by atoms with Gasteiger partial charge in [-0.1, -0.05) is 65.2 Å². The number of carbonyl (C=O) groups excluding carboxylic acids is 4. The van der Waals surface area contributed by atoms with Gasteiger partial charge in [-0.2, -0.15) is 0 Å². The normalized spacial score (nSPS) is 27.5. The van der Waals surface area contributed by atoms with Gasteiger partial charge in [-0.15, -0.1) is 0 Å². The van der Waals surface area contributed by atoms with Crippen molar-refractivity contribution in [2.24, 2.45) is 29.6 Å². The Morgan fingerprint density at radius 1 is 0.600 bits per heavy atom. The Morgan fingerprint density at radius 2 is 1.16 bits per heavy atom. The van der Waals surface area contributed by atoms with Crippen LogP contribution in [0.5, 0.6) is 5.75 Å². The highest BCUT2D eigenvalue weighted by molar-refractivity contribution is 6.31. The second-order valence-corrected chi connectivity index (χ2v) is 13.1. The molecule has 2 heterocycles. The first-order valence-electron chi connectivity index (χ1n) is 14.9. The topological polar surface area (TPSA) is 95.0 Å². The summed E-state index contributed by atoms with van der Waals surface area (Å²) in [5.41, 5.74) is 2.60. The third kappa shape index (κ3) is 4.10. The molecule has 1 N–H and O–H groups in total. The Bertz CT molecular complexity index is 1970. The fourth-order valence-electron chi connectivity index (χ4n) is 8.20. The van der Waals surface area contributed by atoms with Gasteiger partial charge < -0.3 is 5.11 Å². The number of amides is 4. The van der Waals surface area contributed by atoms with E-state index < -0.39 is 35.5 Å². The SMILES string of the molecule is O=C1C2CC=C3C(CC4C(=O)N(c5ccc(Cl)cc5)C(=O)C4C3c3ccc(O)c4ccccc34)C2C(=O)N1c1ccc(Cl)cc1. The third-order valence-electron chi connectivity index (χ3n) is 10.1. The van der Waals surface area contributed by atoms with Crippen LogP contribution in [-0.2, 0) is 19.2 Å². The number of phenols is 1. The summed E-state index contributed by atoms with van der Waals surface area (Å²) in [5, 5.41) is 13.1. The summed E-state index contributed by atoms with van der Waals surface area (Å²) in [6, 6.07) is 24.1. The molecule has 2 aliphatic heterocycles. The molecule has 1 saturated carbocycles. The van der Waals surface area contributed by atoms with E-state index in [9.17, 15) is 24.3 Å². The lowest BCUT2D eigenvalue weighted by atomic mass is 9.57. The molecule has 4 amide bonds. The summed E-state index contributed by atoms with van der Waals surface area (Å²) in [6.45, 7) is 0. The Hall–Kier alpha value is -4.46. The van der Waals surface area contributed by atoms with E-state index in [0.717, 1.165) is 16.5 Å². The number of nitrogens with zero attached hydrogens (tertiary/aromatic N) is 2. The molecule has 4 aliphatic rings. The molecule has 2 saturated heterocycles. The number of imide groups is 2. The number of anilines is 2. The number of aromatic hydroxyl groups is 1. The number of benzene rings is 4. The lowest BCUT2D eigenvalue weighted by Crippen LogP contribution is -2.43. The van der Waals surface area contributed by atoms with E-state index in [0.29, 0.717) is 33.2 Å². The van der Waals surface area contributed by atoms with Crippen LogP contribution in [0.4, 0.5) is 11.4 Å². The first-order valence-corrected chi connectivity index (χ1v) is 15.7. The van der Waals surface area contributed by atoms with Gasteiger partial charge in [-0.25, -0.2) is 0 Å². The monoisotopic (exact) mass is 636 g/mol. The van der Waals surface area contributed by atoms with Crippen LogP contribution in [0.3, 0.4) is 0 Å². The average Bonchev–Trinajstić information content (AvgIpc) is 3.45. The van der Waals surface area contributed by atoms with Crippen molar-refractivity contribution in [3.05, 3.63) is 112 Å². The van der Waals surface area contributed by atoms with Crippen LogP contribution in [0, 0.1) is 29.6 Å². The van der Waals surface area contributed by atoms with Gasteiger partial charge in [-0.3, -0.25) is 29.0 Å². The van der Waals surface area contributed by atoms with Crippen molar-refractivity contribution in [1.82, 2.24) is 0 Å². The molecule has 224 valence electrons. The van der Waals surface area contributed by atoms with Crippen LogP contribution in [0.1, 0.15) is 24.3 Å². The number of hydrogen-bond donors (Lipinski definition) is 1. The van der Waals surface area contributed by atoms with Crippen LogP contribution in [0.2, 0.25) is 10.0 Å². The molecule has 0 bridgehead atoms. The van der Waals surface area contributed by atoms with E-state index in [4.69, 9.17) is 23.2 Å². The largest absolute Gasteiger partial charge is 0.507 e. The minimum Gasteiger partial charge on any atom is -0.507 e. The molecule has 0 aromatic heterocycles. The highest BCUT2D eigenvalue weighted by atomic mass is 35.5. The minimum atomic E-state index is -0.722. The molecule has 0 spiro atoms. The van der Waals surface area contributed by atoms with Gasteiger partial charge in [0.05, 0.1) is 35.0 Å². The predicted octanol–water partition coefficient (Wildman–Crippen LogP) is 6.90. The summed E-state index contributed by atoms with van der Waals surface area (Å²) in [6.07, 6.45) is 2.64. The van der Waals surface area contributed by atoms with E-state index in [-0.39, 0.29) is 35.8 Å². The minimum absolute atomic E-state index is 0.114. The zero-order chi connectivity index (χ0) is 31.1. The number of rotatable bonds is 3. The van der Waals surface area contributed by atoms with Crippen LogP contribution >= 0.6 is 23.2 Å². The molecule has 3 fully saturated rings. The van der Waals surface area contributed by atoms with Crippen LogP contribution < -0.4 is 9.80 Å². The van der Waals surface area contributed by atoms with Crippen molar-refractivity contribution >= 4 is 69.0 Å². The number of allylic oxidation sites excluding steroid dienone is 2. The maximum atomic E-state index is 14.4. The first-order chi connectivity index (χ1) is 21.7. The lowest BCUT2D eigenvalue weighted by Gasteiger charge is -2.44. The Kier molecular flexibility index (Phi) is 6.41. The van der Waals surface area contributed by atoms with Crippen molar-refractivity contribution in [2.45, 2.75) is 18.8 Å². The van der Waals surface area contributed by atoms with Crippen LogP contribution in [0.25, 0.3) is 10.8 Å². The molecule has 6 unspecified atom stereocenters. The van der Waals surface area contributed by atoms with Gasteiger partial charge in [0.2, 0.25) is 23.6 Å². The van der Waals surface area contributed by atoms with Crippen molar-refractivity contribution in [3.8, 4) is 5.75 Å². The molecule has 4 aromatic carbocycles. The number of carbonyl (C=O) groups is 4. The lowest BCUT2D eigenvalue weighted by molar-refractivity contribution is -0.126. The molecule has 9 heteroatoms. The molecule has 4 aromatic rings. The van der Waals surface area contributed by atoms with Crippen LogP contribution in [-0.4, -0.2) is 28.7 Å². The van der Waals surface area contributed by atoms with Gasteiger partial charge in [0, 0.05) is 21.3 Å². The fourth-order valence-corrected chi connectivity index (χ4v) is 8.46. The van der Waals surface area contributed by atoms with Crippen molar-refractivity contribution < 1.29 is 24.3 Å². The van der Waals surface area contributed by atoms with Gasteiger partial charge in [0.1, 0.15) is 5.75 Å². The van der Waals surface area contributed by atoms with Gasteiger partial charge in [0.15, 0.2) is 0 Å². The molecule has 8 rings (SSSR count). The number of hydrogen-bond acceptors (Lipinski definition) is 5. The first kappa shape index (κ1) is 28.0. The molecule has 0 radical (unpaired) electrons. The Morgan fingerprint density at radius 3 is 1.78 bits per heavy atom. The van der Waals surface area contributed by atoms with E-state index in [1.165, 1.54) is 9.80 Å². The van der Waals surface area contributed by atoms with Crippen molar-refractivity contribution in [2.75, 3.05) is 9.80 Å². The highest BCUT2D eigenvalue weighted by Gasteiger charge is 2.62. The molecule has 2 aliphatic carbocycles. The average molecular weight is 638 g/mol. The smallest absolute Gasteiger partial charge is 0.238 e. The van der Waals surface area contributed by atoms with E-state index in [1.807, 2.05) is 36.4 Å². The maximum absolute atomic E-state index is 14.4. The molecular formula is C36H26Cl2N2O5. The zero-order valence-electron chi connectivity index (χ0n) is 23.8. The summed E-state index contributed by atoms with van der Waals surface area (Å²) in [4.78, 5) is 59.0. The third-order valence-corrected chi connectivity index (χ3v) is 10.6. The van der Waals surface area contributed by atoms with E-state index in [2.05, 4.69) is 0 Å². The quantitative estimate of drug-likeness (QED) is 0.195. The Labute approximate surface area is 268 Å². The molecular weight excluding hydrogens is 611 g/mol. The summed E-state index contributed by atoms with van der Waals surface area (Å²) >= 11 is 12.2. The molecule has 45 heavy (non-hydrogen) atoms. The van der Waals surface area contributed by atoms with Crippen LogP contribution in [0.15, 0.2) is 96.6 Å². The number of halogens is 2. The molecule has 7 nitrogen and oxygen atoms in total. The summed E-state index contributed by atoms with van der Waals surface area (Å²) in [7, 11) is 0. The van der Waals surface area contributed by atoms with Gasteiger partial charge in [0.25, 0.3) is 0 Å². The van der Waals surface area contributed by atoms with Crippen molar-refractivity contribution in [3.63, 3.8) is 0 Å². The standard InChI is InChI=1S/C36H26Cl2N2O5/c37-18-5-9-20(10-6-18)39-33(42)26-14-13-25-27(31(26)35(39)44)17-28-32(36(45)40(34(28)43)21-11-7-19(38)8-12-21)30(25)24-15-16-29(41)23-4-2-1-3-22(23)24/h1-13,15-16,26-28,30-32,41H,14,17H2. The summed E-state index contributed by atoms with van der Waals surface area (Å²) in [5.74, 6) is -4.75. The molecule has 6 atom stereocenters. The zero-order valence-corrected chi connectivity index (χ0v) is 25.3. The summed E-state index contributed by atoms with van der Waals surface area (Å²) < 4.78 is 0. The van der Waals surface area contributed by atoms with E-state index in [1.54, 1.807) is 54.6 Å². The maximum Gasteiger partial charge on any atom is 0.238 e. The number of fused-ring (bicyclic) bond motifs is 5. The predicted molar refractivity (Wildman–Crippen MR) is 171 cm³/mol.